The summed E-state index contributed by atoms with van der Waals surface area (Å²) in [6, 6.07) is 14.5. The quantitative estimate of drug-likeness (QED) is 0.284. The molecule has 1 aliphatic rings. The second-order valence-electron chi connectivity index (χ2n) is 6.26. The lowest BCUT2D eigenvalue weighted by molar-refractivity contribution is 0.207. The van der Waals surface area contributed by atoms with E-state index in [1.165, 1.54) is 5.69 Å². The van der Waals surface area contributed by atoms with Crippen molar-refractivity contribution in [1.29, 1.82) is 0 Å². The number of aliphatic imine (C=N–C) groups is 1. The minimum Gasteiger partial charge on any atom is -0.469 e. The van der Waals surface area contributed by atoms with Gasteiger partial charge < -0.3 is 24.3 Å². The van der Waals surface area contributed by atoms with Crippen LogP contribution in [-0.4, -0.2) is 63.8 Å². The van der Waals surface area contributed by atoms with Crippen LogP contribution in [0.5, 0.6) is 0 Å². The molecule has 0 amide bonds. The van der Waals surface area contributed by atoms with Gasteiger partial charge >= 0.3 is 0 Å². The van der Waals surface area contributed by atoms with Crippen molar-refractivity contribution < 1.29 is 9.15 Å². The van der Waals surface area contributed by atoms with E-state index >= 15 is 0 Å². The molecule has 148 valence electrons. The first-order valence-electron chi connectivity index (χ1n) is 9.21. The molecule has 1 fully saturated rings. The molecule has 0 atom stereocenters. The third-order valence-corrected chi connectivity index (χ3v) is 4.49. The summed E-state index contributed by atoms with van der Waals surface area (Å²) in [4.78, 5) is 9.46. The van der Waals surface area contributed by atoms with Gasteiger partial charge in [-0.3, -0.25) is 4.99 Å². The Kier molecular flexibility index (Phi) is 9.47. The zero-order valence-corrected chi connectivity index (χ0v) is 18.2. The lowest BCUT2D eigenvalue weighted by Gasteiger charge is -2.37. The third kappa shape index (κ3) is 6.73. The van der Waals surface area contributed by atoms with E-state index in [-0.39, 0.29) is 24.0 Å². The van der Waals surface area contributed by atoms with Crippen molar-refractivity contribution >= 4 is 35.6 Å². The molecule has 1 saturated heterocycles. The van der Waals surface area contributed by atoms with E-state index in [4.69, 9.17) is 14.1 Å². The lowest BCUT2D eigenvalue weighted by atomic mass is 10.2. The Hall–Kier alpha value is -1.74. The maximum atomic E-state index is 5.40. The fourth-order valence-electron chi connectivity index (χ4n) is 3.08. The molecule has 1 aromatic heterocycles. The van der Waals surface area contributed by atoms with Crippen LogP contribution in [0.2, 0.25) is 0 Å². The Morgan fingerprint density at radius 2 is 1.89 bits per heavy atom. The molecule has 0 aliphatic carbocycles. The summed E-state index contributed by atoms with van der Waals surface area (Å²) in [5.74, 6) is 1.95. The van der Waals surface area contributed by atoms with Crippen LogP contribution < -0.4 is 10.2 Å². The number of nitrogens with one attached hydrogen (secondary N) is 1. The molecule has 6 nitrogen and oxygen atoms in total. The van der Waals surface area contributed by atoms with Crippen LogP contribution in [0.4, 0.5) is 5.69 Å². The Morgan fingerprint density at radius 3 is 2.56 bits per heavy atom. The van der Waals surface area contributed by atoms with Gasteiger partial charge in [-0.15, -0.1) is 24.0 Å². The molecule has 1 aliphatic heterocycles. The van der Waals surface area contributed by atoms with E-state index in [9.17, 15) is 0 Å². The molecule has 0 unspecified atom stereocenters. The molecule has 7 heteroatoms. The van der Waals surface area contributed by atoms with Crippen LogP contribution in [0, 0.1) is 0 Å². The minimum absolute atomic E-state index is 0. The van der Waals surface area contributed by atoms with Crippen LogP contribution in [0.25, 0.3) is 0 Å². The molecular weight excluding hydrogens is 455 g/mol. The zero-order chi connectivity index (χ0) is 18.0. The molecular formula is C20H29IN4O2. The molecule has 0 spiro atoms. The number of anilines is 1. The van der Waals surface area contributed by atoms with E-state index in [0.717, 1.165) is 50.9 Å². The van der Waals surface area contributed by atoms with Gasteiger partial charge in [0.2, 0.25) is 0 Å². The molecule has 2 heterocycles. The van der Waals surface area contributed by atoms with Crippen molar-refractivity contribution in [2.45, 2.75) is 6.42 Å². The predicted octanol–water partition coefficient (Wildman–Crippen LogP) is 2.85. The van der Waals surface area contributed by atoms with Gasteiger partial charge in [0.15, 0.2) is 5.96 Å². The smallest absolute Gasteiger partial charge is 0.194 e. The van der Waals surface area contributed by atoms with Gasteiger partial charge in [0, 0.05) is 51.9 Å². The molecule has 27 heavy (non-hydrogen) atoms. The summed E-state index contributed by atoms with van der Waals surface area (Å²) in [6.45, 7) is 5.99. The monoisotopic (exact) mass is 484 g/mol. The van der Waals surface area contributed by atoms with Crippen molar-refractivity contribution in [3.8, 4) is 0 Å². The predicted molar refractivity (Wildman–Crippen MR) is 120 cm³/mol. The third-order valence-electron chi connectivity index (χ3n) is 4.49. The van der Waals surface area contributed by atoms with E-state index in [0.29, 0.717) is 13.2 Å². The van der Waals surface area contributed by atoms with Crippen LogP contribution >= 0.6 is 24.0 Å². The molecule has 0 bridgehead atoms. The van der Waals surface area contributed by atoms with Gasteiger partial charge in [-0.05, 0) is 24.3 Å². The number of rotatable bonds is 7. The van der Waals surface area contributed by atoms with Gasteiger partial charge in [0.05, 0.1) is 19.4 Å². The number of hydrogen-bond acceptors (Lipinski definition) is 4. The first-order valence-corrected chi connectivity index (χ1v) is 9.21. The lowest BCUT2D eigenvalue weighted by Crippen LogP contribution is -2.53. The Labute approximate surface area is 178 Å². The number of piperazine rings is 1. The van der Waals surface area contributed by atoms with Crippen LogP contribution in [-0.2, 0) is 11.2 Å². The maximum Gasteiger partial charge on any atom is 0.194 e. The maximum absolute atomic E-state index is 5.40. The normalized spacial score (nSPS) is 14.8. The van der Waals surface area contributed by atoms with E-state index in [1.54, 1.807) is 13.4 Å². The zero-order valence-electron chi connectivity index (χ0n) is 15.8. The van der Waals surface area contributed by atoms with E-state index < -0.39 is 0 Å². The second kappa shape index (κ2) is 11.9. The Bertz CT molecular complexity index is 656. The second-order valence-corrected chi connectivity index (χ2v) is 6.26. The van der Waals surface area contributed by atoms with Crippen LogP contribution in [0.15, 0.2) is 58.1 Å². The van der Waals surface area contributed by atoms with Crippen LogP contribution in [0.3, 0.4) is 0 Å². The molecule has 0 radical (unpaired) electrons. The number of hydrogen-bond donors (Lipinski definition) is 1. The number of para-hydroxylation sites is 1. The highest BCUT2D eigenvalue weighted by Crippen LogP contribution is 2.15. The van der Waals surface area contributed by atoms with Crippen molar-refractivity contribution in [2.24, 2.45) is 4.99 Å². The summed E-state index contributed by atoms with van der Waals surface area (Å²) < 4.78 is 10.5. The number of benzene rings is 1. The molecule has 2 aromatic rings. The number of halogens is 1. The molecule has 1 aromatic carbocycles. The van der Waals surface area contributed by atoms with Crippen molar-refractivity contribution in [1.82, 2.24) is 10.2 Å². The first-order chi connectivity index (χ1) is 12.9. The van der Waals surface area contributed by atoms with Gasteiger partial charge in [0.1, 0.15) is 5.76 Å². The number of nitrogens with zero attached hydrogens (tertiary/aromatic N) is 3. The summed E-state index contributed by atoms with van der Waals surface area (Å²) >= 11 is 0. The van der Waals surface area contributed by atoms with Crippen molar-refractivity contribution in [3.63, 3.8) is 0 Å². The molecule has 0 saturated carbocycles. The standard InChI is InChI=1S/C20H28N4O2.HI/c1-25-17-11-22-20(21-10-9-19-8-5-16-26-19)24-14-12-23(13-15-24)18-6-3-2-4-7-18;/h2-8,16H,9-15,17H2,1H3,(H,21,22);1H. The average molecular weight is 484 g/mol. The molecule has 3 rings (SSSR count). The summed E-state index contributed by atoms with van der Waals surface area (Å²) in [5, 5.41) is 3.48. The van der Waals surface area contributed by atoms with Crippen molar-refractivity contribution in [2.75, 3.05) is 57.9 Å². The number of guanidine groups is 1. The Morgan fingerprint density at radius 1 is 1.11 bits per heavy atom. The van der Waals surface area contributed by atoms with Gasteiger partial charge in [-0.2, -0.15) is 0 Å². The van der Waals surface area contributed by atoms with Crippen molar-refractivity contribution in [3.05, 3.63) is 54.5 Å². The number of furan rings is 1. The number of methoxy groups -OCH3 is 1. The van der Waals surface area contributed by atoms with Gasteiger partial charge in [-0.1, -0.05) is 18.2 Å². The van der Waals surface area contributed by atoms with Gasteiger partial charge in [0.25, 0.3) is 0 Å². The topological polar surface area (TPSA) is 53.2 Å². The average Bonchev–Trinajstić information content (AvgIpc) is 3.21. The summed E-state index contributed by atoms with van der Waals surface area (Å²) in [7, 11) is 1.71. The Balaban J connectivity index is 0.00000261. The minimum atomic E-state index is 0. The summed E-state index contributed by atoms with van der Waals surface area (Å²) in [5.41, 5.74) is 1.29. The largest absolute Gasteiger partial charge is 0.469 e. The highest BCUT2D eigenvalue weighted by Gasteiger charge is 2.19. The van der Waals surface area contributed by atoms with E-state index in [2.05, 4.69) is 45.4 Å². The number of ether oxygens (including phenoxy) is 1. The fraction of sp³-hybridized carbons (Fsp3) is 0.450. The highest BCUT2D eigenvalue weighted by atomic mass is 127. The van der Waals surface area contributed by atoms with E-state index in [1.807, 2.05) is 12.1 Å². The first kappa shape index (κ1) is 21.6. The van der Waals surface area contributed by atoms with Crippen LogP contribution in [0.1, 0.15) is 5.76 Å². The molecule has 1 N–H and O–H groups in total. The SMILES string of the molecule is COCCN=C(NCCc1ccco1)N1CCN(c2ccccc2)CC1.I. The van der Waals surface area contributed by atoms with Gasteiger partial charge in [-0.25, -0.2) is 0 Å². The highest BCUT2D eigenvalue weighted by molar-refractivity contribution is 14.0. The summed E-state index contributed by atoms with van der Waals surface area (Å²) in [6.07, 6.45) is 2.56. The fourth-order valence-corrected chi connectivity index (χ4v) is 3.08.